The molecule has 2 aromatic carbocycles. The van der Waals surface area contributed by atoms with Crippen LogP contribution in [0.4, 0.5) is 0 Å². The van der Waals surface area contributed by atoms with Gasteiger partial charge < -0.3 is 10.3 Å². The molecule has 106 valence electrons. The molecule has 0 atom stereocenters. The summed E-state index contributed by atoms with van der Waals surface area (Å²) in [5, 5.41) is 0.725. The average molecular weight is 298 g/mol. The topological polar surface area (TPSA) is 43.8 Å². The fourth-order valence-corrected chi connectivity index (χ4v) is 2.62. The molecule has 2 N–H and O–H groups in total. The first-order valence-electron chi connectivity index (χ1n) is 6.81. The highest BCUT2D eigenvalue weighted by atomic mass is 35.5. The van der Waals surface area contributed by atoms with E-state index >= 15 is 0 Å². The molecule has 21 heavy (non-hydrogen) atoms. The fourth-order valence-electron chi connectivity index (χ4n) is 2.43. The van der Waals surface area contributed by atoms with Crippen LogP contribution in [-0.2, 0) is 13.1 Å². The van der Waals surface area contributed by atoms with Gasteiger partial charge in [-0.25, -0.2) is 4.98 Å². The SMILES string of the molecule is NCc1ccccc1Cn1cncc1-c1cccc(Cl)c1. The number of hydrogen-bond acceptors (Lipinski definition) is 2. The molecule has 0 bridgehead atoms. The summed E-state index contributed by atoms with van der Waals surface area (Å²) >= 11 is 6.08. The van der Waals surface area contributed by atoms with Crippen LogP contribution in [0.1, 0.15) is 11.1 Å². The first-order valence-corrected chi connectivity index (χ1v) is 7.18. The van der Waals surface area contributed by atoms with Gasteiger partial charge in [-0.05, 0) is 23.3 Å². The lowest BCUT2D eigenvalue weighted by Crippen LogP contribution is -2.06. The minimum atomic E-state index is 0.539. The predicted molar refractivity (Wildman–Crippen MR) is 86.1 cm³/mol. The van der Waals surface area contributed by atoms with E-state index in [0.29, 0.717) is 6.54 Å². The van der Waals surface area contributed by atoms with Gasteiger partial charge in [0.2, 0.25) is 0 Å². The summed E-state index contributed by atoms with van der Waals surface area (Å²) in [4.78, 5) is 4.27. The smallest absolute Gasteiger partial charge is 0.0954 e. The lowest BCUT2D eigenvalue weighted by Gasteiger charge is -2.11. The molecule has 0 radical (unpaired) electrons. The number of nitrogens with two attached hydrogens (primary N) is 1. The van der Waals surface area contributed by atoms with Crippen LogP contribution < -0.4 is 5.73 Å². The maximum atomic E-state index is 6.08. The Morgan fingerprint density at radius 3 is 2.62 bits per heavy atom. The van der Waals surface area contributed by atoms with Crippen LogP contribution in [0.15, 0.2) is 61.1 Å². The van der Waals surface area contributed by atoms with Crippen LogP contribution in [0.5, 0.6) is 0 Å². The number of nitrogens with zero attached hydrogens (tertiary/aromatic N) is 2. The van der Waals surface area contributed by atoms with Crippen molar-refractivity contribution in [2.24, 2.45) is 5.73 Å². The second-order valence-electron chi connectivity index (χ2n) is 4.89. The summed E-state index contributed by atoms with van der Waals surface area (Å²) < 4.78 is 2.11. The third-order valence-electron chi connectivity index (χ3n) is 3.51. The summed E-state index contributed by atoms with van der Waals surface area (Å²) in [5.41, 5.74) is 10.3. The molecule has 0 aliphatic rings. The van der Waals surface area contributed by atoms with Crippen molar-refractivity contribution in [1.82, 2.24) is 9.55 Å². The van der Waals surface area contributed by atoms with Crippen molar-refractivity contribution in [3.8, 4) is 11.3 Å². The molecule has 0 fully saturated rings. The molecular formula is C17H16ClN3. The molecule has 0 spiro atoms. The van der Waals surface area contributed by atoms with E-state index in [1.54, 1.807) is 0 Å². The third kappa shape index (κ3) is 2.99. The third-order valence-corrected chi connectivity index (χ3v) is 3.75. The van der Waals surface area contributed by atoms with Gasteiger partial charge >= 0.3 is 0 Å². The predicted octanol–water partition coefficient (Wildman–Crippen LogP) is 3.71. The van der Waals surface area contributed by atoms with E-state index in [0.717, 1.165) is 28.4 Å². The highest BCUT2D eigenvalue weighted by molar-refractivity contribution is 6.30. The molecule has 1 heterocycles. The largest absolute Gasteiger partial charge is 0.326 e. The van der Waals surface area contributed by atoms with E-state index in [-0.39, 0.29) is 0 Å². The minimum Gasteiger partial charge on any atom is -0.326 e. The van der Waals surface area contributed by atoms with Gasteiger partial charge in [-0.1, -0.05) is 48.0 Å². The Morgan fingerprint density at radius 2 is 1.86 bits per heavy atom. The molecule has 1 aromatic heterocycles. The summed E-state index contributed by atoms with van der Waals surface area (Å²) in [7, 11) is 0. The number of aromatic nitrogens is 2. The first kappa shape index (κ1) is 13.9. The number of rotatable bonds is 4. The molecule has 4 heteroatoms. The van der Waals surface area contributed by atoms with Crippen LogP contribution in [0, 0.1) is 0 Å². The van der Waals surface area contributed by atoms with Crippen molar-refractivity contribution in [3.05, 3.63) is 77.2 Å². The minimum absolute atomic E-state index is 0.539. The van der Waals surface area contributed by atoms with Crippen molar-refractivity contribution in [1.29, 1.82) is 0 Å². The number of hydrogen-bond donors (Lipinski definition) is 1. The van der Waals surface area contributed by atoms with Crippen molar-refractivity contribution < 1.29 is 0 Å². The van der Waals surface area contributed by atoms with Gasteiger partial charge in [0.1, 0.15) is 0 Å². The van der Waals surface area contributed by atoms with E-state index in [2.05, 4.69) is 21.7 Å². The molecule has 0 aliphatic heterocycles. The average Bonchev–Trinajstić information content (AvgIpc) is 2.96. The molecule has 3 rings (SSSR count). The molecule has 0 amide bonds. The molecule has 0 aliphatic carbocycles. The van der Waals surface area contributed by atoms with Gasteiger partial charge in [-0.15, -0.1) is 0 Å². The summed E-state index contributed by atoms with van der Waals surface area (Å²) in [6, 6.07) is 16.0. The highest BCUT2D eigenvalue weighted by Crippen LogP contribution is 2.23. The number of imidazole rings is 1. The lowest BCUT2D eigenvalue weighted by atomic mass is 10.1. The Kier molecular flexibility index (Phi) is 4.04. The zero-order chi connectivity index (χ0) is 14.7. The molecule has 3 aromatic rings. The van der Waals surface area contributed by atoms with Crippen LogP contribution >= 0.6 is 11.6 Å². The van der Waals surface area contributed by atoms with Crippen LogP contribution in [0.2, 0.25) is 5.02 Å². The van der Waals surface area contributed by atoms with Gasteiger partial charge in [-0.2, -0.15) is 0 Å². The molecule has 0 saturated heterocycles. The number of benzene rings is 2. The molecule has 3 nitrogen and oxygen atoms in total. The fraction of sp³-hybridized carbons (Fsp3) is 0.118. The normalized spacial score (nSPS) is 10.8. The maximum Gasteiger partial charge on any atom is 0.0954 e. The molecule has 0 unspecified atom stereocenters. The summed E-state index contributed by atoms with van der Waals surface area (Å²) in [5.74, 6) is 0. The second kappa shape index (κ2) is 6.12. The van der Waals surface area contributed by atoms with Gasteiger partial charge in [-0.3, -0.25) is 0 Å². The Labute approximate surface area is 129 Å². The lowest BCUT2D eigenvalue weighted by molar-refractivity contribution is 0.792. The van der Waals surface area contributed by atoms with Crippen LogP contribution in [0.25, 0.3) is 11.3 Å². The van der Waals surface area contributed by atoms with Gasteiger partial charge in [0.05, 0.1) is 18.2 Å². The summed E-state index contributed by atoms with van der Waals surface area (Å²) in [6.45, 7) is 1.28. The second-order valence-corrected chi connectivity index (χ2v) is 5.33. The molecule has 0 saturated carbocycles. The Balaban J connectivity index is 1.96. The van der Waals surface area contributed by atoms with Crippen molar-refractivity contribution in [3.63, 3.8) is 0 Å². The van der Waals surface area contributed by atoms with E-state index in [1.807, 2.05) is 48.9 Å². The Morgan fingerprint density at radius 1 is 1.05 bits per heavy atom. The van der Waals surface area contributed by atoms with E-state index in [9.17, 15) is 0 Å². The van der Waals surface area contributed by atoms with E-state index < -0.39 is 0 Å². The van der Waals surface area contributed by atoms with Crippen molar-refractivity contribution >= 4 is 11.6 Å². The van der Waals surface area contributed by atoms with E-state index in [4.69, 9.17) is 17.3 Å². The summed E-state index contributed by atoms with van der Waals surface area (Å²) in [6.07, 6.45) is 3.69. The van der Waals surface area contributed by atoms with Crippen molar-refractivity contribution in [2.75, 3.05) is 0 Å². The van der Waals surface area contributed by atoms with Gasteiger partial charge in [0.15, 0.2) is 0 Å². The maximum absolute atomic E-state index is 6.08. The molecular weight excluding hydrogens is 282 g/mol. The van der Waals surface area contributed by atoms with Crippen molar-refractivity contribution in [2.45, 2.75) is 13.1 Å². The first-order chi connectivity index (χ1) is 10.3. The van der Waals surface area contributed by atoms with Crippen LogP contribution in [-0.4, -0.2) is 9.55 Å². The zero-order valence-electron chi connectivity index (χ0n) is 11.5. The van der Waals surface area contributed by atoms with Gasteiger partial charge in [0, 0.05) is 23.7 Å². The quantitative estimate of drug-likeness (QED) is 0.798. The Bertz CT molecular complexity index is 749. The highest BCUT2D eigenvalue weighted by Gasteiger charge is 2.08. The van der Waals surface area contributed by atoms with Gasteiger partial charge in [0.25, 0.3) is 0 Å². The number of halogens is 1. The van der Waals surface area contributed by atoms with E-state index in [1.165, 1.54) is 5.56 Å². The monoisotopic (exact) mass is 297 g/mol. The zero-order valence-corrected chi connectivity index (χ0v) is 12.3. The van der Waals surface area contributed by atoms with Crippen LogP contribution in [0.3, 0.4) is 0 Å². The Hall–Kier alpha value is -2.10. The standard InChI is InChI=1S/C17H16ClN3/c18-16-7-3-6-13(8-16)17-10-20-12-21(17)11-15-5-2-1-4-14(15)9-19/h1-8,10,12H,9,11,19H2.